The first-order valence-corrected chi connectivity index (χ1v) is 13.0. The molecule has 6 heteroatoms. The van der Waals surface area contributed by atoms with Crippen molar-refractivity contribution in [2.24, 2.45) is 5.92 Å². The Morgan fingerprint density at radius 3 is 2.49 bits per heavy atom. The average molecular weight is 496 g/mol. The van der Waals surface area contributed by atoms with Gasteiger partial charge in [0.15, 0.2) is 0 Å². The minimum absolute atomic E-state index is 0.000274. The van der Waals surface area contributed by atoms with Gasteiger partial charge >= 0.3 is 0 Å². The Morgan fingerprint density at radius 2 is 1.76 bits per heavy atom. The number of hydrogen-bond acceptors (Lipinski definition) is 4. The SMILES string of the molecule is COc1ccc(C)cc1-n1c(C(C)N(Cc2ccccc2)C(=O)C2CCCC2)nc2ccccc2c1=O. The minimum atomic E-state index is -0.448. The molecule has 0 radical (unpaired) electrons. The zero-order valence-corrected chi connectivity index (χ0v) is 21.7. The fourth-order valence-electron chi connectivity index (χ4n) is 5.37. The number of aryl methyl sites for hydroxylation is 1. The van der Waals surface area contributed by atoms with E-state index in [-0.39, 0.29) is 17.4 Å². The van der Waals surface area contributed by atoms with Crippen LogP contribution < -0.4 is 10.3 Å². The molecular formula is C31H33N3O3. The molecule has 190 valence electrons. The maximum absolute atomic E-state index is 14.0. The molecule has 6 nitrogen and oxygen atoms in total. The van der Waals surface area contributed by atoms with Crippen molar-refractivity contribution in [3.63, 3.8) is 0 Å². The van der Waals surface area contributed by atoms with Gasteiger partial charge < -0.3 is 9.64 Å². The monoisotopic (exact) mass is 495 g/mol. The Bertz CT molecular complexity index is 1470. The highest BCUT2D eigenvalue weighted by molar-refractivity contribution is 5.80. The van der Waals surface area contributed by atoms with E-state index in [1.54, 1.807) is 17.7 Å². The number of fused-ring (bicyclic) bond motifs is 1. The molecule has 0 aliphatic heterocycles. The molecule has 1 saturated carbocycles. The van der Waals surface area contributed by atoms with Gasteiger partial charge in [0.05, 0.1) is 29.7 Å². The molecule has 1 atom stereocenters. The molecular weight excluding hydrogens is 462 g/mol. The van der Waals surface area contributed by atoms with Gasteiger partial charge in [-0.15, -0.1) is 0 Å². The van der Waals surface area contributed by atoms with Gasteiger partial charge in [-0.05, 0) is 62.1 Å². The Labute approximate surface area is 217 Å². The normalized spacial score (nSPS) is 14.6. The summed E-state index contributed by atoms with van der Waals surface area (Å²) in [6, 6.07) is 22.7. The third kappa shape index (κ3) is 4.88. The van der Waals surface area contributed by atoms with Gasteiger partial charge in [0, 0.05) is 12.5 Å². The van der Waals surface area contributed by atoms with Crippen molar-refractivity contribution < 1.29 is 9.53 Å². The third-order valence-electron chi connectivity index (χ3n) is 7.40. The Kier molecular flexibility index (Phi) is 7.08. The van der Waals surface area contributed by atoms with Crippen LogP contribution in [0, 0.1) is 12.8 Å². The molecule has 0 saturated heterocycles. The van der Waals surface area contributed by atoms with Crippen LogP contribution in [0.25, 0.3) is 16.6 Å². The number of amides is 1. The van der Waals surface area contributed by atoms with Crippen molar-refractivity contribution in [2.45, 2.75) is 52.1 Å². The van der Waals surface area contributed by atoms with Crippen molar-refractivity contribution in [2.75, 3.05) is 7.11 Å². The van der Waals surface area contributed by atoms with Crippen LogP contribution in [0.5, 0.6) is 5.75 Å². The molecule has 0 bridgehead atoms. The predicted octanol–water partition coefficient (Wildman–Crippen LogP) is 5.98. The van der Waals surface area contributed by atoms with Crippen LogP contribution in [-0.4, -0.2) is 27.5 Å². The maximum atomic E-state index is 14.0. The van der Waals surface area contributed by atoms with E-state index < -0.39 is 6.04 Å². The molecule has 1 unspecified atom stereocenters. The summed E-state index contributed by atoms with van der Waals surface area (Å²) in [5.74, 6) is 1.23. The van der Waals surface area contributed by atoms with E-state index in [4.69, 9.17) is 9.72 Å². The van der Waals surface area contributed by atoms with E-state index in [0.717, 1.165) is 36.8 Å². The lowest BCUT2D eigenvalue weighted by Gasteiger charge is -2.33. The van der Waals surface area contributed by atoms with Crippen LogP contribution in [0.2, 0.25) is 0 Å². The number of benzene rings is 3. The molecule has 3 aromatic carbocycles. The standard InChI is InChI=1S/C31H33N3O3/c1-21-17-18-28(37-3)27(19-21)34-29(32-26-16-10-9-15-25(26)31(34)36)22(2)33(20-23-11-5-4-6-12-23)30(35)24-13-7-8-14-24/h4-6,9-12,15-19,22,24H,7-8,13-14,20H2,1-3H3. The number of para-hydroxylation sites is 1. The van der Waals surface area contributed by atoms with Gasteiger partial charge in [-0.3, -0.25) is 14.2 Å². The van der Waals surface area contributed by atoms with Crippen molar-refractivity contribution in [3.05, 3.63) is 100 Å². The van der Waals surface area contributed by atoms with Gasteiger partial charge in [-0.1, -0.05) is 61.4 Å². The molecule has 1 fully saturated rings. The van der Waals surface area contributed by atoms with Crippen molar-refractivity contribution in [1.29, 1.82) is 0 Å². The highest BCUT2D eigenvalue weighted by Gasteiger charge is 2.33. The summed E-state index contributed by atoms with van der Waals surface area (Å²) < 4.78 is 7.31. The fourth-order valence-corrected chi connectivity index (χ4v) is 5.37. The molecule has 4 aromatic rings. The lowest BCUT2D eigenvalue weighted by Crippen LogP contribution is -2.39. The summed E-state index contributed by atoms with van der Waals surface area (Å²) in [7, 11) is 1.60. The average Bonchev–Trinajstić information content (AvgIpc) is 3.47. The molecule has 1 amide bonds. The fraction of sp³-hybridized carbons (Fsp3) is 0.323. The molecule has 37 heavy (non-hydrogen) atoms. The van der Waals surface area contributed by atoms with Crippen molar-refractivity contribution in [3.8, 4) is 11.4 Å². The summed E-state index contributed by atoms with van der Waals surface area (Å²) in [6.45, 7) is 4.41. The highest BCUT2D eigenvalue weighted by Crippen LogP contribution is 2.33. The van der Waals surface area contributed by atoms with Crippen LogP contribution in [0.4, 0.5) is 0 Å². The lowest BCUT2D eigenvalue weighted by atomic mass is 10.0. The van der Waals surface area contributed by atoms with Gasteiger partial charge in [0.25, 0.3) is 5.56 Å². The Hall–Kier alpha value is -3.93. The number of hydrogen-bond donors (Lipinski definition) is 0. The number of ether oxygens (including phenoxy) is 1. The van der Waals surface area contributed by atoms with E-state index in [1.165, 1.54) is 0 Å². The summed E-state index contributed by atoms with van der Waals surface area (Å²) in [5.41, 5.74) is 3.11. The summed E-state index contributed by atoms with van der Waals surface area (Å²) in [5, 5.41) is 0.527. The summed E-state index contributed by atoms with van der Waals surface area (Å²) in [6.07, 6.45) is 3.95. The molecule has 1 aliphatic rings. The largest absolute Gasteiger partial charge is 0.495 e. The summed E-state index contributed by atoms with van der Waals surface area (Å²) in [4.78, 5) is 34.8. The van der Waals surface area contributed by atoms with Crippen molar-refractivity contribution >= 4 is 16.8 Å². The van der Waals surface area contributed by atoms with Crippen LogP contribution in [0.3, 0.4) is 0 Å². The first kappa shape index (κ1) is 24.8. The molecule has 5 rings (SSSR count). The van der Waals surface area contributed by atoms with Gasteiger partial charge in [-0.25, -0.2) is 4.98 Å². The molecule has 1 aliphatic carbocycles. The second-order valence-corrected chi connectivity index (χ2v) is 9.91. The third-order valence-corrected chi connectivity index (χ3v) is 7.40. The lowest BCUT2D eigenvalue weighted by molar-refractivity contribution is -0.138. The Balaban J connectivity index is 1.71. The molecule has 1 heterocycles. The van der Waals surface area contributed by atoms with Gasteiger partial charge in [0.2, 0.25) is 5.91 Å². The highest BCUT2D eigenvalue weighted by atomic mass is 16.5. The van der Waals surface area contributed by atoms with E-state index >= 15 is 0 Å². The van der Waals surface area contributed by atoms with Gasteiger partial charge in [0.1, 0.15) is 11.6 Å². The van der Waals surface area contributed by atoms with E-state index in [1.807, 2.05) is 85.5 Å². The second kappa shape index (κ2) is 10.6. The number of carbonyl (C=O) groups is 1. The number of methoxy groups -OCH3 is 1. The van der Waals surface area contributed by atoms with E-state index in [0.29, 0.717) is 34.7 Å². The molecule has 1 aromatic heterocycles. The maximum Gasteiger partial charge on any atom is 0.266 e. The van der Waals surface area contributed by atoms with Gasteiger partial charge in [-0.2, -0.15) is 0 Å². The van der Waals surface area contributed by atoms with E-state index in [2.05, 4.69) is 0 Å². The molecule has 0 spiro atoms. The number of rotatable bonds is 7. The zero-order valence-electron chi connectivity index (χ0n) is 21.7. The van der Waals surface area contributed by atoms with Crippen LogP contribution >= 0.6 is 0 Å². The van der Waals surface area contributed by atoms with E-state index in [9.17, 15) is 9.59 Å². The smallest absolute Gasteiger partial charge is 0.266 e. The second-order valence-electron chi connectivity index (χ2n) is 9.91. The van der Waals surface area contributed by atoms with Crippen LogP contribution in [0.1, 0.15) is 55.6 Å². The van der Waals surface area contributed by atoms with Crippen LogP contribution in [0.15, 0.2) is 77.6 Å². The number of nitrogens with zero attached hydrogens (tertiary/aromatic N) is 3. The van der Waals surface area contributed by atoms with Crippen LogP contribution in [-0.2, 0) is 11.3 Å². The summed E-state index contributed by atoms with van der Waals surface area (Å²) >= 11 is 0. The topological polar surface area (TPSA) is 64.4 Å². The quantitative estimate of drug-likeness (QED) is 0.316. The first-order valence-electron chi connectivity index (χ1n) is 13.0. The minimum Gasteiger partial charge on any atom is -0.495 e. The van der Waals surface area contributed by atoms with Crippen molar-refractivity contribution in [1.82, 2.24) is 14.5 Å². The number of aromatic nitrogens is 2. The predicted molar refractivity (Wildman–Crippen MR) is 146 cm³/mol. The molecule has 0 N–H and O–H groups in total. The number of carbonyl (C=O) groups excluding carboxylic acids is 1. The zero-order chi connectivity index (χ0) is 25.9. The first-order chi connectivity index (χ1) is 18.0. The Morgan fingerprint density at radius 1 is 1.05 bits per heavy atom.